The molecule has 0 spiro atoms. The van der Waals surface area contributed by atoms with Crippen molar-refractivity contribution in [3.8, 4) is 5.75 Å². The van der Waals surface area contributed by atoms with Crippen molar-refractivity contribution in [2.45, 2.75) is 45.6 Å². The van der Waals surface area contributed by atoms with Gasteiger partial charge in [-0.15, -0.1) is 12.4 Å². The smallest absolute Gasteiger partial charge is 0.326 e. The van der Waals surface area contributed by atoms with Crippen molar-refractivity contribution in [2.24, 2.45) is 5.41 Å². The maximum Gasteiger partial charge on any atom is 0.326 e. The Labute approximate surface area is 176 Å². The summed E-state index contributed by atoms with van der Waals surface area (Å²) in [5.41, 5.74) is 0.308. The predicted molar refractivity (Wildman–Crippen MR) is 109 cm³/mol. The molecule has 0 saturated carbocycles. The van der Waals surface area contributed by atoms with Crippen LogP contribution in [0.4, 0.5) is 10.1 Å². The zero-order valence-electron chi connectivity index (χ0n) is 16.4. The van der Waals surface area contributed by atoms with Crippen LogP contribution in [0.2, 0.25) is 0 Å². The van der Waals surface area contributed by atoms with Gasteiger partial charge in [0.25, 0.3) is 5.91 Å². The average Bonchev–Trinajstić information content (AvgIpc) is 2.87. The van der Waals surface area contributed by atoms with Gasteiger partial charge in [-0.05, 0) is 54.8 Å². The minimum atomic E-state index is -4.21. The number of aryl methyl sites for hydroxylation is 1. The second-order valence-corrected chi connectivity index (χ2v) is 9.79. The van der Waals surface area contributed by atoms with Crippen LogP contribution in [0, 0.1) is 11.2 Å². The summed E-state index contributed by atoms with van der Waals surface area (Å²) in [6, 6.07) is 1.39. The monoisotopic (exact) mass is 451 g/mol. The van der Waals surface area contributed by atoms with Gasteiger partial charge in [-0.3, -0.25) is 4.79 Å². The lowest BCUT2D eigenvalue weighted by Crippen LogP contribution is -2.38. The number of carbonyl (C=O) groups is 1. The van der Waals surface area contributed by atoms with E-state index in [-0.39, 0.29) is 30.5 Å². The summed E-state index contributed by atoms with van der Waals surface area (Å²) < 4.78 is 41.7. The van der Waals surface area contributed by atoms with Crippen molar-refractivity contribution < 1.29 is 27.8 Å². The number of halogens is 2. The molecule has 2 aliphatic rings. The highest BCUT2D eigenvalue weighted by atomic mass is 35.5. The van der Waals surface area contributed by atoms with Crippen molar-refractivity contribution in [3.05, 3.63) is 23.0 Å². The molecule has 1 fully saturated rings. The van der Waals surface area contributed by atoms with Gasteiger partial charge in [0, 0.05) is 12.6 Å². The maximum atomic E-state index is 15.2. The third kappa shape index (κ3) is 4.93. The molecule has 1 saturated heterocycles. The molecule has 29 heavy (non-hydrogen) atoms. The first kappa shape index (κ1) is 23.7. The Morgan fingerprint density at radius 3 is 2.69 bits per heavy atom. The normalized spacial score (nSPS) is 20.8. The Balaban J connectivity index is 0.00000300. The molecule has 0 bridgehead atoms. The molecule has 1 aliphatic heterocycles. The first-order valence-electron chi connectivity index (χ1n) is 9.25. The molecule has 1 aromatic carbocycles. The van der Waals surface area contributed by atoms with E-state index < -0.39 is 39.9 Å². The molecule has 164 valence electrons. The minimum absolute atomic E-state index is 0. The number of phenols is 1. The van der Waals surface area contributed by atoms with E-state index in [1.165, 1.54) is 6.07 Å². The molecule has 1 unspecified atom stereocenters. The number of aliphatic hydroxyl groups excluding tert-OH is 1. The molecule has 3 rings (SSSR count). The highest BCUT2D eigenvalue weighted by Gasteiger charge is 2.39. The number of fused-ring (bicyclic) bond motifs is 1. The first-order valence-corrected chi connectivity index (χ1v) is 10.7. The van der Waals surface area contributed by atoms with Crippen LogP contribution in [0.15, 0.2) is 6.07 Å². The number of aromatic hydroxyl groups is 1. The fourth-order valence-corrected chi connectivity index (χ4v) is 4.75. The van der Waals surface area contributed by atoms with Gasteiger partial charge in [0.15, 0.2) is 5.82 Å². The van der Waals surface area contributed by atoms with E-state index >= 15 is 4.39 Å². The van der Waals surface area contributed by atoms with E-state index in [0.717, 1.165) is 12.8 Å². The first-order chi connectivity index (χ1) is 13.0. The van der Waals surface area contributed by atoms with Gasteiger partial charge in [-0.25, -0.2) is 13.4 Å². The van der Waals surface area contributed by atoms with Gasteiger partial charge < -0.3 is 15.5 Å². The number of amides is 1. The summed E-state index contributed by atoms with van der Waals surface area (Å²) in [5.74, 6) is -2.08. The van der Waals surface area contributed by atoms with Crippen molar-refractivity contribution in [3.63, 3.8) is 0 Å². The molecule has 1 heterocycles. The van der Waals surface area contributed by atoms with Crippen LogP contribution in [0.1, 0.15) is 37.8 Å². The molecule has 1 aliphatic carbocycles. The van der Waals surface area contributed by atoms with Crippen LogP contribution < -0.4 is 14.3 Å². The standard InChI is InChI=1S/C18H26FN3O5S.ClH/c1-18(2,10-23)5-6-20-12-4-3-11-7-14(24)17(16(19)13(11)8-12)22-9-15(25)21-28(22,26)27;/h7,12,20,23-24H,3-6,8-10H2,1-2H3,(H,21,25);1H. The largest absolute Gasteiger partial charge is 0.506 e. The highest BCUT2D eigenvalue weighted by molar-refractivity contribution is 7.92. The molecule has 1 amide bonds. The summed E-state index contributed by atoms with van der Waals surface area (Å²) >= 11 is 0. The van der Waals surface area contributed by atoms with Gasteiger partial charge in [-0.1, -0.05) is 13.8 Å². The molecule has 0 radical (unpaired) electrons. The van der Waals surface area contributed by atoms with Gasteiger partial charge in [0.2, 0.25) is 0 Å². The fraction of sp³-hybridized carbons (Fsp3) is 0.611. The number of nitrogens with zero attached hydrogens (tertiary/aromatic N) is 1. The van der Waals surface area contributed by atoms with Gasteiger partial charge in [0.1, 0.15) is 18.0 Å². The van der Waals surface area contributed by atoms with E-state index in [2.05, 4.69) is 5.32 Å². The van der Waals surface area contributed by atoms with Crippen LogP contribution in [0.5, 0.6) is 5.75 Å². The second-order valence-electron chi connectivity index (χ2n) is 8.20. The summed E-state index contributed by atoms with van der Waals surface area (Å²) in [6.45, 7) is 4.11. The van der Waals surface area contributed by atoms with Crippen LogP contribution in [0.3, 0.4) is 0 Å². The Bertz CT molecular complexity index is 894. The third-order valence-corrected chi connectivity index (χ3v) is 6.74. The number of aliphatic hydroxyl groups is 1. The number of phenolic OH excluding ortho intramolecular Hbond substituents is 1. The Morgan fingerprint density at radius 2 is 2.10 bits per heavy atom. The number of nitrogens with one attached hydrogen (secondary N) is 2. The number of rotatable bonds is 6. The van der Waals surface area contributed by atoms with E-state index in [9.17, 15) is 23.4 Å². The Morgan fingerprint density at radius 1 is 1.41 bits per heavy atom. The van der Waals surface area contributed by atoms with E-state index in [0.29, 0.717) is 34.8 Å². The SMILES string of the molecule is CC(C)(CO)CCNC1CCc2cc(O)c(N3CC(=O)NS3(=O)=O)c(F)c2C1.Cl. The molecule has 4 N–H and O–H groups in total. The molecule has 11 heteroatoms. The fourth-order valence-electron chi connectivity index (χ4n) is 3.59. The third-order valence-electron chi connectivity index (χ3n) is 5.36. The van der Waals surface area contributed by atoms with Crippen LogP contribution in [-0.4, -0.2) is 50.3 Å². The van der Waals surface area contributed by atoms with Crippen molar-refractivity contribution >= 4 is 34.2 Å². The van der Waals surface area contributed by atoms with Crippen LogP contribution in [-0.2, 0) is 27.8 Å². The van der Waals surface area contributed by atoms with Crippen molar-refractivity contribution in [2.75, 3.05) is 24.0 Å². The number of hydrogen-bond acceptors (Lipinski definition) is 6. The maximum absolute atomic E-state index is 15.2. The van der Waals surface area contributed by atoms with Crippen LogP contribution >= 0.6 is 12.4 Å². The lowest BCUT2D eigenvalue weighted by molar-refractivity contribution is -0.117. The van der Waals surface area contributed by atoms with Gasteiger partial charge >= 0.3 is 10.2 Å². The molecule has 1 aromatic rings. The summed E-state index contributed by atoms with van der Waals surface area (Å²) in [5, 5.41) is 22.9. The van der Waals surface area contributed by atoms with E-state index in [4.69, 9.17) is 0 Å². The van der Waals surface area contributed by atoms with Crippen LogP contribution in [0.25, 0.3) is 0 Å². The topological polar surface area (TPSA) is 119 Å². The molecule has 0 aromatic heterocycles. The zero-order valence-corrected chi connectivity index (χ0v) is 18.0. The molecule has 1 atom stereocenters. The number of carbonyl (C=O) groups excluding carboxylic acids is 1. The predicted octanol–water partition coefficient (Wildman–Crippen LogP) is 0.990. The lowest BCUT2D eigenvalue weighted by atomic mass is 9.86. The Hall–Kier alpha value is -1.62. The second kappa shape index (κ2) is 8.63. The number of hydrogen-bond donors (Lipinski definition) is 4. The van der Waals surface area contributed by atoms with Gasteiger partial charge in [0.05, 0.1) is 0 Å². The van der Waals surface area contributed by atoms with Crippen molar-refractivity contribution in [1.29, 1.82) is 0 Å². The zero-order chi connectivity index (χ0) is 20.7. The number of benzene rings is 1. The van der Waals surface area contributed by atoms with Gasteiger partial charge in [-0.2, -0.15) is 8.42 Å². The quantitative estimate of drug-likeness (QED) is 0.512. The number of anilines is 1. The molecule has 8 nitrogen and oxygen atoms in total. The minimum Gasteiger partial charge on any atom is -0.506 e. The summed E-state index contributed by atoms with van der Waals surface area (Å²) in [7, 11) is -4.21. The Kier molecular flexibility index (Phi) is 7.04. The highest BCUT2D eigenvalue weighted by Crippen LogP contribution is 2.39. The molecular weight excluding hydrogens is 425 g/mol. The van der Waals surface area contributed by atoms with E-state index in [1.54, 1.807) is 4.72 Å². The molecular formula is C18H27ClFN3O5S. The van der Waals surface area contributed by atoms with E-state index in [1.807, 2.05) is 13.8 Å². The summed E-state index contributed by atoms with van der Waals surface area (Å²) in [6.07, 6.45) is 2.41. The lowest BCUT2D eigenvalue weighted by Gasteiger charge is -2.29. The summed E-state index contributed by atoms with van der Waals surface area (Å²) in [4.78, 5) is 11.5. The average molecular weight is 452 g/mol. The van der Waals surface area contributed by atoms with Crippen molar-refractivity contribution in [1.82, 2.24) is 10.0 Å².